The topological polar surface area (TPSA) is 115 Å². The first kappa shape index (κ1) is 25.9. The standard InChI is InChI=1S/C20H36N2O6/c1-3-5-7-11-15-21(19(25)26)17(23)13-9-10-14-18(24)22(20(27)28)16-12-8-6-4-2/h3-16H2,1-2H3,(H,25,26)(H,27,28). The molecule has 0 saturated carbocycles. The molecule has 8 nitrogen and oxygen atoms in total. The quantitative estimate of drug-likeness (QED) is 0.384. The van der Waals surface area contributed by atoms with E-state index in [1.165, 1.54) is 0 Å². The first-order chi connectivity index (χ1) is 13.3. The van der Waals surface area contributed by atoms with Crippen LogP contribution in [-0.2, 0) is 9.59 Å². The highest BCUT2D eigenvalue weighted by Gasteiger charge is 2.21. The molecule has 0 fully saturated rings. The molecule has 2 N–H and O–H groups in total. The minimum Gasteiger partial charge on any atom is -0.465 e. The first-order valence-corrected chi connectivity index (χ1v) is 10.4. The molecule has 0 bridgehead atoms. The van der Waals surface area contributed by atoms with Crippen molar-refractivity contribution in [2.75, 3.05) is 13.1 Å². The Morgan fingerprint density at radius 3 is 1.21 bits per heavy atom. The Hall–Kier alpha value is -2.12. The minimum atomic E-state index is -1.25. The summed E-state index contributed by atoms with van der Waals surface area (Å²) < 4.78 is 0. The molecular weight excluding hydrogens is 364 g/mol. The predicted molar refractivity (Wildman–Crippen MR) is 106 cm³/mol. The molecule has 4 amide bonds. The maximum Gasteiger partial charge on any atom is 0.414 e. The van der Waals surface area contributed by atoms with Gasteiger partial charge in [0.1, 0.15) is 0 Å². The van der Waals surface area contributed by atoms with Crippen LogP contribution in [0.25, 0.3) is 0 Å². The van der Waals surface area contributed by atoms with Gasteiger partial charge in [-0.3, -0.25) is 9.59 Å². The fourth-order valence-electron chi connectivity index (χ4n) is 2.87. The van der Waals surface area contributed by atoms with Crippen molar-refractivity contribution < 1.29 is 29.4 Å². The Kier molecular flexibility index (Phi) is 14.7. The number of carbonyl (C=O) groups excluding carboxylic acids is 2. The van der Waals surface area contributed by atoms with Crippen LogP contribution in [0.15, 0.2) is 0 Å². The normalized spacial score (nSPS) is 10.5. The first-order valence-electron chi connectivity index (χ1n) is 10.4. The molecule has 0 aliphatic rings. The Labute approximate surface area is 167 Å². The van der Waals surface area contributed by atoms with Crippen molar-refractivity contribution in [1.82, 2.24) is 9.80 Å². The number of imide groups is 2. The van der Waals surface area contributed by atoms with Gasteiger partial charge < -0.3 is 10.2 Å². The fourth-order valence-corrected chi connectivity index (χ4v) is 2.87. The van der Waals surface area contributed by atoms with Gasteiger partial charge in [0.2, 0.25) is 11.8 Å². The minimum absolute atomic E-state index is 0.0386. The van der Waals surface area contributed by atoms with Crippen molar-refractivity contribution >= 4 is 24.0 Å². The van der Waals surface area contributed by atoms with Gasteiger partial charge in [-0.25, -0.2) is 19.4 Å². The van der Waals surface area contributed by atoms with Crippen molar-refractivity contribution in [3.05, 3.63) is 0 Å². The summed E-state index contributed by atoms with van der Waals surface area (Å²) in [5.74, 6) is -0.933. The highest BCUT2D eigenvalue weighted by atomic mass is 16.4. The lowest BCUT2D eigenvalue weighted by Crippen LogP contribution is -2.37. The second-order valence-corrected chi connectivity index (χ2v) is 6.98. The highest BCUT2D eigenvalue weighted by Crippen LogP contribution is 2.10. The van der Waals surface area contributed by atoms with Gasteiger partial charge in [-0.1, -0.05) is 52.4 Å². The van der Waals surface area contributed by atoms with E-state index in [-0.39, 0.29) is 25.9 Å². The van der Waals surface area contributed by atoms with Crippen molar-refractivity contribution in [3.8, 4) is 0 Å². The molecule has 162 valence electrons. The van der Waals surface area contributed by atoms with Crippen LogP contribution in [-0.4, -0.2) is 57.1 Å². The van der Waals surface area contributed by atoms with Crippen LogP contribution < -0.4 is 0 Å². The third-order valence-electron chi connectivity index (χ3n) is 4.57. The van der Waals surface area contributed by atoms with Gasteiger partial charge in [0, 0.05) is 25.9 Å². The Balaban J connectivity index is 4.26. The average molecular weight is 401 g/mol. The van der Waals surface area contributed by atoms with Crippen LogP contribution in [0, 0.1) is 0 Å². The van der Waals surface area contributed by atoms with E-state index in [1.54, 1.807) is 0 Å². The molecular formula is C20H36N2O6. The molecule has 0 unspecified atom stereocenters. The summed E-state index contributed by atoms with van der Waals surface area (Å²) in [6.07, 6.45) is 5.41. The zero-order valence-electron chi connectivity index (χ0n) is 17.3. The average Bonchev–Trinajstić information content (AvgIpc) is 2.64. The van der Waals surface area contributed by atoms with E-state index in [0.29, 0.717) is 25.7 Å². The fraction of sp³-hybridized carbons (Fsp3) is 0.800. The maximum absolute atomic E-state index is 12.1. The van der Waals surface area contributed by atoms with Crippen molar-refractivity contribution in [2.45, 2.75) is 90.9 Å². The van der Waals surface area contributed by atoms with Gasteiger partial charge in [0.05, 0.1) is 0 Å². The largest absolute Gasteiger partial charge is 0.465 e. The summed E-state index contributed by atoms with van der Waals surface area (Å²) in [4.78, 5) is 48.3. The second kappa shape index (κ2) is 15.9. The van der Waals surface area contributed by atoms with Crippen LogP contribution in [0.3, 0.4) is 0 Å². The molecule has 0 rings (SSSR count). The van der Waals surface area contributed by atoms with Gasteiger partial charge in [-0.05, 0) is 25.7 Å². The van der Waals surface area contributed by atoms with Gasteiger partial charge in [0.15, 0.2) is 0 Å². The van der Waals surface area contributed by atoms with Gasteiger partial charge in [0.25, 0.3) is 0 Å². The van der Waals surface area contributed by atoms with Gasteiger partial charge in [-0.15, -0.1) is 0 Å². The van der Waals surface area contributed by atoms with Crippen LogP contribution in [0.5, 0.6) is 0 Å². The number of nitrogens with zero attached hydrogens (tertiary/aromatic N) is 2. The summed E-state index contributed by atoms with van der Waals surface area (Å²) in [5.41, 5.74) is 0. The van der Waals surface area contributed by atoms with E-state index in [0.717, 1.165) is 48.3 Å². The Morgan fingerprint density at radius 1 is 0.571 bits per heavy atom. The van der Waals surface area contributed by atoms with Crippen LogP contribution in [0.2, 0.25) is 0 Å². The second-order valence-electron chi connectivity index (χ2n) is 6.98. The van der Waals surface area contributed by atoms with E-state index < -0.39 is 24.0 Å². The maximum atomic E-state index is 12.1. The third kappa shape index (κ3) is 11.6. The highest BCUT2D eigenvalue weighted by molar-refractivity contribution is 5.92. The molecule has 0 saturated heterocycles. The number of carbonyl (C=O) groups is 4. The number of carboxylic acid groups (broad SMARTS) is 2. The molecule has 0 heterocycles. The van der Waals surface area contributed by atoms with E-state index in [9.17, 15) is 29.4 Å². The van der Waals surface area contributed by atoms with Gasteiger partial charge in [-0.2, -0.15) is 0 Å². The van der Waals surface area contributed by atoms with Crippen LogP contribution >= 0.6 is 0 Å². The third-order valence-corrected chi connectivity index (χ3v) is 4.57. The number of amides is 4. The zero-order chi connectivity index (χ0) is 21.4. The molecule has 0 atom stereocenters. The van der Waals surface area contributed by atoms with E-state index in [2.05, 4.69) is 13.8 Å². The molecule has 0 aromatic carbocycles. The molecule has 0 aliphatic carbocycles. The molecule has 0 spiro atoms. The lowest BCUT2D eigenvalue weighted by atomic mass is 10.1. The number of hydrogen-bond donors (Lipinski definition) is 2. The summed E-state index contributed by atoms with van der Waals surface area (Å²) >= 11 is 0. The summed E-state index contributed by atoms with van der Waals surface area (Å²) in [7, 11) is 0. The number of hydrogen-bond acceptors (Lipinski definition) is 4. The molecule has 0 aliphatic heterocycles. The van der Waals surface area contributed by atoms with E-state index in [1.807, 2.05) is 0 Å². The molecule has 8 heteroatoms. The van der Waals surface area contributed by atoms with Crippen LogP contribution in [0.1, 0.15) is 90.9 Å². The summed E-state index contributed by atoms with van der Waals surface area (Å²) in [5, 5.41) is 18.4. The SMILES string of the molecule is CCCCCCN(C(=O)O)C(=O)CCCCC(=O)N(CCCCCC)C(=O)O. The zero-order valence-corrected chi connectivity index (χ0v) is 17.3. The predicted octanol–water partition coefficient (Wildman–Crippen LogP) is 4.72. The summed E-state index contributed by atoms with van der Waals surface area (Å²) in [6, 6.07) is 0. The van der Waals surface area contributed by atoms with E-state index in [4.69, 9.17) is 0 Å². The van der Waals surface area contributed by atoms with Crippen molar-refractivity contribution in [3.63, 3.8) is 0 Å². The molecule has 0 aromatic heterocycles. The monoisotopic (exact) mass is 400 g/mol. The molecule has 0 aromatic rings. The smallest absolute Gasteiger partial charge is 0.414 e. The molecule has 28 heavy (non-hydrogen) atoms. The molecule has 0 radical (unpaired) electrons. The lowest BCUT2D eigenvalue weighted by molar-refractivity contribution is -0.131. The lowest BCUT2D eigenvalue weighted by Gasteiger charge is -2.18. The van der Waals surface area contributed by atoms with Crippen molar-refractivity contribution in [1.29, 1.82) is 0 Å². The Morgan fingerprint density at radius 2 is 0.929 bits per heavy atom. The van der Waals surface area contributed by atoms with Crippen LogP contribution in [0.4, 0.5) is 9.59 Å². The van der Waals surface area contributed by atoms with E-state index >= 15 is 0 Å². The number of rotatable bonds is 15. The number of unbranched alkanes of at least 4 members (excludes halogenated alkanes) is 7. The van der Waals surface area contributed by atoms with Crippen molar-refractivity contribution in [2.24, 2.45) is 0 Å². The summed E-state index contributed by atoms with van der Waals surface area (Å²) in [6.45, 7) is 4.49. The Bertz CT molecular complexity index is 451. The van der Waals surface area contributed by atoms with Gasteiger partial charge >= 0.3 is 12.2 Å².